The van der Waals surface area contributed by atoms with Crippen molar-refractivity contribution in [2.24, 2.45) is 0 Å². The third-order valence-electron chi connectivity index (χ3n) is 5.98. The van der Waals surface area contributed by atoms with Crippen LogP contribution in [-0.4, -0.2) is 6.36 Å². The van der Waals surface area contributed by atoms with Crippen LogP contribution in [0.5, 0.6) is 5.75 Å². The fourth-order valence-electron chi connectivity index (χ4n) is 4.09. The lowest BCUT2D eigenvalue weighted by atomic mass is 9.96. The molecule has 0 radical (unpaired) electrons. The molecule has 4 rings (SSSR count). The van der Waals surface area contributed by atoms with Crippen molar-refractivity contribution >= 4 is 10.8 Å². The van der Waals surface area contributed by atoms with Crippen molar-refractivity contribution in [1.29, 1.82) is 0 Å². The van der Waals surface area contributed by atoms with E-state index in [1.807, 2.05) is 24.3 Å². The predicted molar refractivity (Wildman–Crippen MR) is 128 cm³/mol. The molecule has 0 spiro atoms. The van der Waals surface area contributed by atoms with Crippen LogP contribution >= 0.6 is 0 Å². The van der Waals surface area contributed by atoms with E-state index in [4.69, 9.17) is 0 Å². The second kappa shape index (κ2) is 10.3. The maximum Gasteiger partial charge on any atom is 0.573 e. The highest BCUT2D eigenvalue weighted by Gasteiger charge is 2.30. The van der Waals surface area contributed by atoms with Crippen molar-refractivity contribution in [1.82, 2.24) is 0 Å². The zero-order valence-corrected chi connectivity index (χ0v) is 19.0. The van der Waals surface area contributed by atoms with Gasteiger partial charge in [0.2, 0.25) is 0 Å². The molecule has 0 saturated carbocycles. The van der Waals surface area contributed by atoms with Gasteiger partial charge in [-0.05, 0) is 77.1 Å². The van der Waals surface area contributed by atoms with Crippen molar-refractivity contribution in [2.75, 3.05) is 0 Å². The first-order chi connectivity index (χ1) is 16.3. The molecular weight excluding hydrogens is 440 g/mol. The Morgan fingerprint density at radius 2 is 1.35 bits per heavy atom. The summed E-state index contributed by atoms with van der Waals surface area (Å²) in [7, 11) is 0. The van der Waals surface area contributed by atoms with E-state index in [0.717, 1.165) is 28.5 Å². The molecule has 0 aliphatic carbocycles. The molecule has 176 valence electrons. The van der Waals surface area contributed by atoms with Gasteiger partial charge in [0.1, 0.15) is 11.6 Å². The third kappa shape index (κ3) is 5.96. The van der Waals surface area contributed by atoms with Gasteiger partial charge in [-0.15, -0.1) is 13.2 Å². The summed E-state index contributed by atoms with van der Waals surface area (Å²) >= 11 is 0. The lowest BCUT2D eigenvalue weighted by Crippen LogP contribution is -2.17. The molecule has 5 heteroatoms. The van der Waals surface area contributed by atoms with Crippen molar-refractivity contribution in [3.63, 3.8) is 0 Å². The number of hydrogen-bond acceptors (Lipinski definition) is 1. The van der Waals surface area contributed by atoms with Gasteiger partial charge in [-0.3, -0.25) is 0 Å². The van der Waals surface area contributed by atoms with E-state index >= 15 is 4.39 Å². The fraction of sp³-hybridized carbons (Fsp3) is 0.241. The summed E-state index contributed by atoms with van der Waals surface area (Å²) in [6, 6.07) is 23.7. The van der Waals surface area contributed by atoms with Crippen molar-refractivity contribution in [3.05, 3.63) is 101 Å². The van der Waals surface area contributed by atoms with Crippen LogP contribution in [0, 0.1) is 5.82 Å². The first kappa shape index (κ1) is 23.8. The Labute approximate surface area is 197 Å². The van der Waals surface area contributed by atoms with Crippen LogP contribution in [0.25, 0.3) is 21.9 Å². The molecule has 0 saturated heterocycles. The molecule has 4 aromatic carbocycles. The lowest BCUT2D eigenvalue weighted by molar-refractivity contribution is -0.274. The van der Waals surface area contributed by atoms with Crippen LogP contribution in [0.15, 0.2) is 78.9 Å². The average Bonchev–Trinajstić information content (AvgIpc) is 2.82. The number of rotatable bonds is 8. The zero-order chi connectivity index (χ0) is 24.1. The van der Waals surface area contributed by atoms with E-state index in [-0.39, 0.29) is 11.6 Å². The largest absolute Gasteiger partial charge is 0.573 e. The molecule has 0 aromatic heterocycles. The topological polar surface area (TPSA) is 9.23 Å². The molecule has 0 fully saturated rings. The number of halogens is 4. The highest BCUT2D eigenvalue weighted by atomic mass is 19.4. The third-order valence-corrected chi connectivity index (χ3v) is 5.98. The highest BCUT2D eigenvalue weighted by molar-refractivity contribution is 5.88. The maximum absolute atomic E-state index is 15.2. The Hall–Kier alpha value is -3.34. The summed E-state index contributed by atoms with van der Waals surface area (Å²) in [5, 5.41) is 1.40. The van der Waals surface area contributed by atoms with Gasteiger partial charge in [0.05, 0.1) is 0 Å². The van der Waals surface area contributed by atoms with Crippen LogP contribution in [0.4, 0.5) is 17.6 Å². The smallest absolute Gasteiger partial charge is 0.406 e. The molecule has 0 bridgehead atoms. The van der Waals surface area contributed by atoms with E-state index in [0.29, 0.717) is 23.8 Å². The predicted octanol–water partition coefficient (Wildman–Crippen LogP) is 8.67. The number of ether oxygens (including phenoxy) is 1. The molecule has 0 atom stereocenters. The summed E-state index contributed by atoms with van der Waals surface area (Å²) in [5.41, 5.74) is 4.86. The van der Waals surface area contributed by atoms with E-state index in [1.165, 1.54) is 30.5 Å². The first-order valence-corrected chi connectivity index (χ1v) is 11.5. The van der Waals surface area contributed by atoms with Crippen LogP contribution in [-0.2, 0) is 19.3 Å². The van der Waals surface area contributed by atoms with Crippen LogP contribution in [0.1, 0.15) is 36.5 Å². The number of unbranched alkanes of at least 4 members (excludes halogenated alkanes) is 1. The number of aryl methyl sites for hydroxylation is 3. The average molecular weight is 467 g/mol. The lowest BCUT2D eigenvalue weighted by Gasteiger charge is -2.11. The normalized spacial score (nSPS) is 11.7. The van der Waals surface area contributed by atoms with E-state index in [1.54, 1.807) is 18.2 Å². The Kier molecular flexibility index (Phi) is 7.20. The minimum absolute atomic E-state index is 0.254. The number of hydrogen-bond donors (Lipinski definition) is 0. The Morgan fingerprint density at radius 1 is 0.706 bits per heavy atom. The highest BCUT2D eigenvalue weighted by Crippen LogP contribution is 2.29. The summed E-state index contributed by atoms with van der Waals surface area (Å²) in [6.07, 6.45) is -0.334. The molecule has 0 amide bonds. The second-order valence-corrected chi connectivity index (χ2v) is 8.47. The monoisotopic (exact) mass is 466 g/mol. The molecular formula is C29H26F4O. The van der Waals surface area contributed by atoms with Crippen molar-refractivity contribution < 1.29 is 22.3 Å². The van der Waals surface area contributed by atoms with E-state index in [9.17, 15) is 13.2 Å². The molecule has 1 nitrogen and oxygen atoms in total. The quantitative estimate of drug-likeness (QED) is 0.236. The van der Waals surface area contributed by atoms with Gasteiger partial charge < -0.3 is 4.74 Å². The molecule has 0 N–H and O–H groups in total. The molecule has 0 heterocycles. The Morgan fingerprint density at radius 3 is 2.03 bits per heavy atom. The van der Waals surface area contributed by atoms with Crippen LogP contribution in [0.2, 0.25) is 0 Å². The maximum atomic E-state index is 15.2. The number of benzene rings is 4. The SMILES string of the molecule is CCCCc1ccc(-c2ccc3c(F)c(CCc4ccc(OC(F)(F)F)cc4)ccc3c2)cc1. The minimum atomic E-state index is -4.71. The van der Waals surface area contributed by atoms with Crippen LogP contribution < -0.4 is 4.74 Å². The molecule has 34 heavy (non-hydrogen) atoms. The van der Waals surface area contributed by atoms with Crippen molar-refractivity contribution in [3.8, 4) is 16.9 Å². The Balaban J connectivity index is 1.46. The number of fused-ring (bicyclic) bond motifs is 1. The molecule has 0 unspecified atom stereocenters. The molecule has 0 aliphatic rings. The van der Waals surface area contributed by atoms with Gasteiger partial charge in [-0.2, -0.15) is 0 Å². The summed E-state index contributed by atoms with van der Waals surface area (Å²) in [6.45, 7) is 2.18. The van der Waals surface area contributed by atoms with E-state index < -0.39 is 6.36 Å². The summed E-state index contributed by atoms with van der Waals surface area (Å²) < 4.78 is 56.0. The standard InChI is InChI=1S/C29H26F4O/c1-2-3-4-20-5-10-22(11-6-20)24-15-18-27-25(19-24)14-13-23(28(27)30)12-7-21-8-16-26(17-9-21)34-29(31,32)33/h5-6,8-11,13-19H,2-4,7,12H2,1H3. The van der Waals surface area contributed by atoms with Gasteiger partial charge in [0.15, 0.2) is 0 Å². The molecule has 0 aliphatic heterocycles. The van der Waals surface area contributed by atoms with Gasteiger partial charge in [0, 0.05) is 5.39 Å². The van der Waals surface area contributed by atoms with Gasteiger partial charge in [0.25, 0.3) is 0 Å². The summed E-state index contributed by atoms with van der Waals surface area (Å²) in [5.74, 6) is -0.518. The van der Waals surface area contributed by atoms with Crippen LogP contribution in [0.3, 0.4) is 0 Å². The van der Waals surface area contributed by atoms with Gasteiger partial charge >= 0.3 is 6.36 Å². The van der Waals surface area contributed by atoms with E-state index in [2.05, 4.69) is 35.9 Å². The second-order valence-electron chi connectivity index (χ2n) is 8.47. The van der Waals surface area contributed by atoms with Gasteiger partial charge in [-0.1, -0.05) is 74.0 Å². The summed E-state index contributed by atoms with van der Waals surface area (Å²) in [4.78, 5) is 0. The fourth-order valence-corrected chi connectivity index (χ4v) is 4.09. The zero-order valence-electron chi connectivity index (χ0n) is 19.0. The Bertz CT molecular complexity index is 1240. The minimum Gasteiger partial charge on any atom is -0.406 e. The number of alkyl halides is 3. The van der Waals surface area contributed by atoms with Gasteiger partial charge in [-0.25, -0.2) is 4.39 Å². The van der Waals surface area contributed by atoms with Crippen molar-refractivity contribution in [2.45, 2.75) is 45.4 Å². The first-order valence-electron chi connectivity index (χ1n) is 11.5. The molecule has 4 aromatic rings.